The summed E-state index contributed by atoms with van der Waals surface area (Å²) in [6.45, 7) is 0. The number of methoxy groups -OCH3 is 2. The van der Waals surface area contributed by atoms with E-state index in [9.17, 15) is 14.0 Å². The van der Waals surface area contributed by atoms with Gasteiger partial charge in [0.2, 0.25) is 11.8 Å². The molecule has 0 unspecified atom stereocenters. The molecule has 1 N–H and O–H groups in total. The van der Waals surface area contributed by atoms with Crippen molar-refractivity contribution in [1.82, 2.24) is 5.32 Å². The molecule has 0 bridgehead atoms. The molecule has 0 aliphatic heterocycles. The average Bonchev–Trinajstić information content (AvgIpc) is 3.41. The van der Waals surface area contributed by atoms with Crippen LogP contribution in [0.2, 0.25) is 0 Å². The fourth-order valence-corrected chi connectivity index (χ4v) is 5.30. The highest BCUT2D eigenvalue weighted by Crippen LogP contribution is 2.35. The number of amides is 2. The van der Waals surface area contributed by atoms with Crippen LogP contribution in [-0.4, -0.2) is 32.1 Å². The molecule has 1 aromatic heterocycles. The Hall–Kier alpha value is -3.39. The number of nitrogens with zero attached hydrogens (tertiary/aromatic N) is 1. The van der Waals surface area contributed by atoms with Crippen LogP contribution >= 0.6 is 11.3 Å². The van der Waals surface area contributed by atoms with Crippen molar-refractivity contribution in [2.45, 2.75) is 50.6 Å². The monoisotopic (exact) mass is 510 g/mol. The van der Waals surface area contributed by atoms with Crippen LogP contribution in [0, 0.1) is 5.82 Å². The summed E-state index contributed by atoms with van der Waals surface area (Å²) in [7, 11) is 3.06. The molecule has 6 nitrogen and oxygen atoms in total. The predicted molar refractivity (Wildman–Crippen MR) is 139 cm³/mol. The molecule has 1 aliphatic rings. The number of benzene rings is 2. The number of ether oxygens (including phenoxy) is 2. The zero-order valence-electron chi connectivity index (χ0n) is 20.5. The maximum Gasteiger partial charge on any atom is 0.248 e. The number of thiophene rings is 1. The number of carbonyl (C=O) groups is 2. The molecule has 190 valence electrons. The second-order valence-electron chi connectivity index (χ2n) is 8.89. The molecule has 4 rings (SSSR count). The number of carbonyl (C=O) groups excluding carboxylic acids is 2. The molecule has 1 saturated carbocycles. The van der Waals surface area contributed by atoms with E-state index in [0.29, 0.717) is 22.7 Å². The second-order valence-corrected chi connectivity index (χ2v) is 9.92. The van der Waals surface area contributed by atoms with Crippen LogP contribution in [0.4, 0.5) is 10.1 Å². The lowest BCUT2D eigenvalue weighted by Crippen LogP contribution is -2.47. The Morgan fingerprint density at radius 3 is 2.28 bits per heavy atom. The summed E-state index contributed by atoms with van der Waals surface area (Å²) < 4.78 is 24.7. The second kappa shape index (κ2) is 12.0. The van der Waals surface area contributed by atoms with Crippen molar-refractivity contribution in [3.63, 3.8) is 0 Å². The number of hydrogen-bond acceptors (Lipinski definition) is 5. The molecular weight excluding hydrogens is 479 g/mol. The van der Waals surface area contributed by atoms with Crippen LogP contribution in [-0.2, 0) is 16.0 Å². The van der Waals surface area contributed by atoms with Crippen LogP contribution in [0.3, 0.4) is 0 Å². The van der Waals surface area contributed by atoms with E-state index in [0.717, 1.165) is 37.0 Å². The lowest BCUT2D eigenvalue weighted by Gasteiger charge is -2.34. The molecule has 0 saturated heterocycles. The third kappa shape index (κ3) is 6.23. The number of nitrogens with one attached hydrogen (secondary N) is 1. The summed E-state index contributed by atoms with van der Waals surface area (Å²) in [4.78, 5) is 30.1. The Kier molecular flexibility index (Phi) is 8.59. The lowest BCUT2D eigenvalue weighted by molar-refractivity contribution is -0.127. The van der Waals surface area contributed by atoms with Crippen molar-refractivity contribution in [3.05, 3.63) is 76.2 Å². The first-order valence-corrected chi connectivity index (χ1v) is 13.0. The lowest BCUT2D eigenvalue weighted by atomic mass is 9.94. The summed E-state index contributed by atoms with van der Waals surface area (Å²) in [6.07, 6.45) is 5.19. The van der Waals surface area contributed by atoms with Crippen molar-refractivity contribution in [3.8, 4) is 11.5 Å². The van der Waals surface area contributed by atoms with E-state index in [1.54, 1.807) is 30.3 Å². The highest BCUT2D eigenvalue weighted by Gasteiger charge is 2.34. The van der Waals surface area contributed by atoms with Gasteiger partial charge in [0, 0.05) is 29.1 Å². The Bertz CT molecular complexity index is 1140. The van der Waals surface area contributed by atoms with E-state index in [4.69, 9.17) is 9.47 Å². The number of halogens is 1. The maximum atomic E-state index is 13.9. The van der Waals surface area contributed by atoms with Crippen molar-refractivity contribution >= 4 is 28.8 Å². The fourth-order valence-electron chi connectivity index (χ4n) is 4.61. The van der Waals surface area contributed by atoms with Crippen LogP contribution in [0.1, 0.15) is 48.6 Å². The van der Waals surface area contributed by atoms with Crippen molar-refractivity contribution < 1.29 is 23.5 Å². The van der Waals surface area contributed by atoms with Gasteiger partial charge in [-0.2, -0.15) is 0 Å². The average molecular weight is 511 g/mol. The van der Waals surface area contributed by atoms with Crippen LogP contribution in [0.25, 0.3) is 0 Å². The molecular formula is C28H31FN2O4S. The Morgan fingerprint density at radius 2 is 1.69 bits per heavy atom. The van der Waals surface area contributed by atoms with E-state index in [1.807, 2.05) is 17.5 Å². The van der Waals surface area contributed by atoms with Gasteiger partial charge < -0.3 is 14.8 Å². The number of rotatable bonds is 9. The summed E-state index contributed by atoms with van der Waals surface area (Å²) in [6, 6.07) is 13.7. The van der Waals surface area contributed by atoms with Gasteiger partial charge >= 0.3 is 0 Å². The Balaban J connectivity index is 1.80. The van der Waals surface area contributed by atoms with Crippen LogP contribution in [0.15, 0.2) is 60.0 Å². The van der Waals surface area contributed by atoms with Gasteiger partial charge in [0.05, 0.1) is 26.3 Å². The highest BCUT2D eigenvalue weighted by molar-refractivity contribution is 7.10. The van der Waals surface area contributed by atoms with Gasteiger partial charge in [-0.1, -0.05) is 37.5 Å². The topological polar surface area (TPSA) is 67.9 Å². The highest BCUT2D eigenvalue weighted by atomic mass is 32.1. The zero-order chi connectivity index (χ0) is 25.5. The van der Waals surface area contributed by atoms with Crippen LogP contribution < -0.4 is 19.7 Å². The molecule has 1 atom stereocenters. The van der Waals surface area contributed by atoms with E-state index in [2.05, 4.69) is 5.32 Å². The molecule has 0 radical (unpaired) electrons. The SMILES string of the molecule is COc1cc(OC)cc(N(C(=O)Cc2cccs2)[C@@H](C(=O)NC2CCCCC2)c2ccc(F)cc2)c1. The summed E-state index contributed by atoms with van der Waals surface area (Å²) in [5, 5.41) is 5.08. The normalized spacial score (nSPS) is 14.6. The minimum atomic E-state index is -1.00. The van der Waals surface area contributed by atoms with Crippen molar-refractivity contribution in [2.75, 3.05) is 19.1 Å². The molecule has 1 fully saturated rings. The largest absolute Gasteiger partial charge is 0.497 e. The van der Waals surface area contributed by atoms with Gasteiger partial charge in [0.1, 0.15) is 23.4 Å². The van der Waals surface area contributed by atoms with Crippen molar-refractivity contribution in [1.29, 1.82) is 0 Å². The molecule has 1 aliphatic carbocycles. The fraction of sp³-hybridized carbons (Fsp3) is 0.357. The third-order valence-corrected chi connectivity index (χ3v) is 7.31. The smallest absolute Gasteiger partial charge is 0.248 e. The summed E-state index contributed by atoms with van der Waals surface area (Å²) in [5.74, 6) is 0.00744. The van der Waals surface area contributed by atoms with E-state index in [-0.39, 0.29) is 24.3 Å². The summed E-state index contributed by atoms with van der Waals surface area (Å²) in [5.41, 5.74) is 0.979. The first-order valence-electron chi connectivity index (χ1n) is 12.1. The van der Waals surface area contributed by atoms with Gasteiger partial charge in [-0.25, -0.2) is 4.39 Å². The quantitative estimate of drug-likeness (QED) is 0.403. The summed E-state index contributed by atoms with van der Waals surface area (Å²) >= 11 is 1.48. The van der Waals surface area contributed by atoms with Crippen LogP contribution in [0.5, 0.6) is 11.5 Å². The van der Waals surface area contributed by atoms with Gasteiger partial charge in [-0.15, -0.1) is 11.3 Å². The minimum Gasteiger partial charge on any atom is -0.497 e. The molecule has 2 amide bonds. The van der Waals surface area contributed by atoms with Gasteiger partial charge in [-0.3, -0.25) is 14.5 Å². The molecule has 2 aromatic carbocycles. The van der Waals surface area contributed by atoms with Gasteiger partial charge in [-0.05, 0) is 42.0 Å². The Morgan fingerprint density at radius 1 is 1.03 bits per heavy atom. The first kappa shape index (κ1) is 25.7. The molecule has 3 aromatic rings. The van der Waals surface area contributed by atoms with Gasteiger partial charge in [0.15, 0.2) is 0 Å². The van der Waals surface area contributed by atoms with Crippen molar-refractivity contribution in [2.24, 2.45) is 0 Å². The standard InChI is InChI=1S/C28H31FN2O4S/c1-34-23-15-22(16-24(17-23)35-2)31(26(32)18-25-9-6-14-36-25)27(19-10-12-20(29)13-11-19)28(33)30-21-7-4-3-5-8-21/h6,9-17,21,27H,3-5,7-8,18H2,1-2H3,(H,30,33)/t27-/m1/s1. The van der Waals surface area contributed by atoms with Gasteiger partial charge in [0.25, 0.3) is 0 Å². The van der Waals surface area contributed by atoms with E-state index < -0.39 is 11.9 Å². The number of anilines is 1. The molecule has 36 heavy (non-hydrogen) atoms. The first-order chi connectivity index (χ1) is 17.5. The third-order valence-electron chi connectivity index (χ3n) is 6.43. The minimum absolute atomic E-state index is 0.0447. The maximum absolute atomic E-state index is 13.9. The molecule has 1 heterocycles. The number of hydrogen-bond donors (Lipinski definition) is 1. The Labute approximate surface area is 215 Å². The zero-order valence-corrected chi connectivity index (χ0v) is 21.4. The predicted octanol–water partition coefficient (Wildman–Crippen LogP) is 5.67. The van der Waals surface area contributed by atoms with E-state index in [1.165, 1.54) is 42.6 Å². The molecule has 8 heteroatoms. The molecule has 0 spiro atoms. The van der Waals surface area contributed by atoms with E-state index >= 15 is 0 Å².